The van der Waals surface area contributed by atoms with Crippen molar-refractivity contribution in [1.29, 1.82) is 0 Å². The molecule has 0 saturated carbocycles. The van der Waals surface area contributed by atoms with Crippen LogP contribution in [-0.4, -0.2) is 28.5 Å². The number of anilines is 1. The third-order valence-electron chi connectivity index (χ3n) is 2.16. The van der Waals surface area contributed by atoms with Crippen LogP contribution >= 0.6 is 11.3 Å². The van der Waals surface area contributed by atoms with Crippen LogP contribution in [0, 0.1) is 0 Å². The van der Waals surface area contributed by atoms with Crippen LogP contribution < -0.4 is 11.3 Å². The van der Waals surface area contributed by atoms with E-state index in [1.165, 1.54) is 22.1 Å². The van der Waals surface area contributed by atoms with Gasteiger partial charge < -0.3 is 10.5 Å². The molecule has 7 heteroatoms. The lowest BCUT2D eigenvalue weighted by molar-refractivity contribution is 0.182. The zero-order valence-electron chi connectivity index (χ0n) is 9.29. The van der Waals surface area contributed by atoms with Gasteiger partial charge in [-0.1, -0.05) is 0 Å². The summed E-state index contributed by atoms with van der Waals surface area (Å²) in [4.78, 5) is 15.6. The van der Waals surface area contributed by atoms with E-state index in [-0.39, 0.29) is 5.56 Å². The van der Waals surface area contributed by atoms with Gasteiger partial charge in [0, 0.05) is 18.6 Å². The predicted molar refractivity (Wildman–Crippen MR) is 65.9 cm³/mol. The largest absolute Gasteiger partial charge is 0.383 e. The van der Waals surface area contributed by atoms with Crippen LogP contribution in [0.1, 0.15) is 0 Å². The molecule has 2 heterocycles. The smallest absolute Gasteiger partial charge is 0.266 e. The lowest BCUT2D eigenvalue weighted by Gasteiger charge is -2.04. The van der Waals surface area contributed by atoms with Crippen molar-refractivity contribution in [3.63, 3.8) is 0 Å². The Balaban J connectivity index is 2.33. The molecule has 0 aliphatic carbocycles. The number of thiazole rings is 1. The standard InChI is InChI=1S/C10H12N4O2S/c1-16-5-4-14-9(15)3-2-7(13-14)8-6-17-10(11)12-8/h2-3,6H,4-5H2,1H3,(H2,11,12). The van der Waals surface area contributed by atoms with Crippen LogP contribution in [0.15, 0.2) is 22.3 Å². The van der Waals surface area contributed by atoms with Crippen molar-refractivity contribution in [2.24, 2.45) is 0 Å². The zero-order valence-corrected chi connectivity index (χ0v) is 10.1. The van der Waals surface area contributed by atoms with E-state index < -0.39 is 0 Å². The van der Waals surface area contributed by atoms with Crippen molar-refractivity contribution in [2.75, 3.05) is 19.5 Å². The van der Waals surface area contributed by atoms with Crippen LogP contribution in [0.2, 0.25) is 0 Å². The fourth-order valence-corrected chi connectivity index (χ4v) is 1.89. The fourth-order valence-electron chi connectivity index (χ4n) is 1.33. The highest BCUT2D eigenvalue weighted by Crippen LogP contribution is 2.19. The Labute approximate surface area is 102 Å². The molecule has 0 aliphatic rings. The fraction of sp³-hybridized carbons (Fsp3) is 0.300. The van der Waals surface area contributed by atoms with Gasteiger partial charge in [-0.05, 0) is 6.07 Å². The highest BCUT2D eigenvalue weighted by atomic mass is 32.1. The monoisotopic (exact) mass is 252 g/mol. The first kappa shape index (κ1) is 11.7. The molecule has 17 heavy (non-hydrogen) atoms. The maximum absolute atomic E-state index is 11.5. The predicted octanol–water partition coefficient (Wildman–Crippen LogP) is 0.595. The number of aromatic nitrogens is 3. The quantitative estimate of drug-likeness (QED) is 0.861. The summed E-state index contributed by atoms with van der Waals surface area (Å²) in [6, 6.07) is 3.10. The van der Waals surface area contributed by atoms with Gasteiger partial charge >= 0.3 is 0 Å². The molecule has 0 saturated heterocycles. The molecule has 0 fully saturated rings. The summed E-state index contributed by atoms with van der Waals surface area (Å²) in [6.07, 6.45) is 0. The second-order valence-corrected chi connectivity index (χ2v) is 4.23. The van der Waals surface area contributed by atoms with Crippen molar-refractivity contribution in [3.8, 4) is 11.4 Å². The van der Waals surface area contributed by atoms with Crippen molar-refractivity contribution < 1.29 is 4.74 Å². The SMILES string of the molecule is COCCn1nc(-c2csc(N)n2)ccc1=O. The Bertz CT molecular complexity index is 563. The molecular formula is C10H12N4O2S. The topological polar surface area (TPSA) is 83.0 Å². The maximum Gasteiger partial charge on any atom is 0.266 e. The average Bonchev–Trinajstić information content (AvgIpc) is 2.75. The molecule has 0 atom stereocenters. The van der Waals surface area contributed by atoms with E-state index in [0.717, 1.165) is 0 Å². The summed E-state index contributed by atoms with van der Waals surface area (Å²) in [5, 5.41) is 6.50. The first-order valence-corrected chi connectivity index (χ1v) is 5.87. The van der Waals surface area contributed by atoms with E-state index in [2.05, 4.69) is 10.1 Å². The number of hydrogen-bond acceptors (Lipinski definition) is 6. The third kappa shape index (κ3) is 2.69. The minimum absolute atomic E-state index is 0.158. The molecule has 90 valence electrons. The van der Waals surface area contributed by atoms with Crippen molar-refractivity contribution in [1.82, 2.24) is 14.8 Å². The summed E-state index contributed by atoms with van der Waals surface area (Å²) < 4.78 is 6.27. The number of nitrogens with two attached hydrogens (primary N) is 1. The second-order valence-electron chi connectivity index (χ2n) is 3.34. The van der Waals surface area contributed by atoms with Gasteiger partial charge in [0.15, 0.2) is 5.13 Å². The molecule has 2 N–H and O–H groups in total. The van der Waals surface area contributed by atoms with Gasteiger partial charge in [-0.3, -0.25) is 4.79 Å². The van der Waals surface area contributed by atoms with Crippen LogP contribution in [0.4, 0.5) is 5.13 Å². The number of nitrogen functional groups attached to an aromatic ring is 1. The Morgan fingerprint density at radius 3 is 2.94 bits per heavy atom. The van der Waals surface area contributed by atoms with Gasteiger partial charge in [-0.25, -0.2) is 9.67 Å². The maximum atomic E-state index is 11.5. The van der Waals surface area contributed by atoms with Gasteiger partial charge in [0.2, 0.25) is 0 Å². The van der Waals surface area contributed by atoms with Crippen molar-refractivity contribution >= 4 is 16.5 Å². The van der Waals surface area contributed by atoms with E-state index >= 15 is 0 Å². The molecule has 0 amide bonds. The minimum atomic E-state index is -0.158. The molecule has 2 rings (SSSR count). The lowest BCUT2D eigenvalue weighted by Crippen LogP contribution is -2.24. The van der Waals surface area contributed by atoms with E-state index in [9.17, 15) is 4.79 Å². The molecule has 0 radical (unpaired) electrons. The van der Waals surface area contributed by atoms with Crippen LogP contribution in [0.25, 0.3) is 11.4 Å². The highest BCUT2D eigenvalue weighted by molar-refractivity contribution is 7.13. The molecule has 6 nitrogen and oxygen atoms in total. The van der Waals surface area contributed by atoms with Crippen molar-refractivity contribution in [3.05, 3.63) is 27.9 Å². The van der Waals surface area contributed by atoms with E-state index in [0.29, 0.717) is 29.7 Å². The normalized spacial score (nSPS) is 10.6. The van der Waals surface area contributed by atoms with Gasteiger partial charge in [0.1, 0.15) is 11.4 Å². The summed E-state index contributed by atoms with van der Waals surface area (Å²) in [7, 11) is 1.58. The summed E-state index contributed by atoms with van der Waals surface area (Å²) >= 11 is 1.34. The van der Waals surface area contributed by atoms with Gasteiger partial charge in [0.05, 0.1) is 13.2 Å². The Hall–Kier alpha value is -1.73. The molecular weight excluding hydrogens is 240 g/mol. The molecule has 0 unspecified atom stereocenters. The summed E-state index contributed by atoms with van der Waals surface area (Å²) in [5.74, 6) is 0. The van der Waals surface area contributed by atoms with Crippen LogP contribution in [0.3, 0.4) is 0 Å². The Morgan fingerprint density at radius 2 is 2.29 bits per heavy atom. The molecule has 2 aromatic heterocycles. The summed E-state index contributed by atoms with van der Waals surface area (Å²) in [6.45, 7) is 0.859. The number of methoxy groups -OCH3 is 1. The molecule has 2 aromatic rings. The van der Waals surface area contributed by atoms with Crippen molar-refractivity contribution in [2.45, 2.75) is 6.54 Å². The minimum Gasteiger partial charge on any atom is -0.383 e. The Morgan fingerprint density at radius 1 is 1.47 bits per heavy atom. The van der Waals surface area contributed by atoms with E-state index in [4.69, 9.17) is 10.5 Å². The molecule has 0 aromatic carbocycles. The summed E-state index contributed by atoms with van der Waals surface area (Å²) in [5.41, 5.74) is 6.71. The third-order valence-corrected chi connectivity index (χ3v) is 2.83. The first-order valence-electron chi connectivity index (χ1n) is 4.99. The number of nitrogens with zero attached hydrogens (tertiary/aromatic N) is 3. The Kier molecular flexibility index (Phi) is 3.50. The molecule has 0 bridgehead atoms. The van der Waals surface area contributed by atoms with Crippen LogP contribution in [-0.2, 0) is 11.3 Å². The number of hydrogen-bond donors (Lipinski definition) is 1. The second kappa shape index (κ2) is 5.07. The van der Waals surface area contributed by atoms with Gasteiger partial charge in [-0.15, -0.1) is 11.3 Å². The highest BCUT2D eigenvalue weighted by Gasteiger charge is 2.06. The lowest BCUT2D eigenvalue weighted by atomic mass is 10.3. The zero-order chi connectivity index (χ0) is 12.3. The van der Waals surface area contributed by atoms with Gasteiger partial charge in [-0.2, -0.15) is 5.10 Å². The number of ether oxygens (including phenoxy) is 1. The van der Waals surface area contributed by atoms with Crippen LogP contribution in [0.5, 0.6) is 0 Å². The van der Waals surface area contributed by atoms with Gasteiger partial charge in [0.25, 0.3) is 5.56 Å². The van der Waals surface area contributed by atoms with E-state index in [1.54, 1.807) is 13.2 Å². The average molecular weight is 252 g/mol. The number of rotatable bonds is 4. The first-order chi connectivity index (χ1) is 8.20. The molecule has 0 aliphatic heterocycles. The molecule has 0 spiro atoms. The van der Waals surface area contributed by atoms with E-state index in [1.807, 2.05) is 5.38 Å².